The summed E-state index contributed by atoms with van der Waals surface area (Å²) in [6.07, 6.45) is 0.663. The molecule has 1 atom stereocenters. The number of hydrogen-bond donors (Lipinski definition) is 0. The Balaban J connectivity index is 1.62. The van der Waals surface area contributed by atoms with E-state index in [1.165, 1.54) is 7.11 Å². The fraction of sp³-hybridized carbons (Fsp3) is 0.391. The van der Waals surface area contributed by atoms with Crippen LogP contribution in [0.2, 0.25) is 10.0 Å². The molecule has 1 aliphatic heterocycles. The second-order valence-electron chi connectivity index (χ2n) is 7.29. The molecule has 31 heavy (non-hydrogen) atoms. The molecule has 0 aromatic heterocycles. The number of ether oxygens (including phenoxy) is 2. The number of benzene rings is 2. The maximum Gasteiger partial charge on any atom is 0.328 e. The number of esters is 1. The van der Waals surface area contributed by atoms with Crippen LogP contribution in [0.25, 0.3) is 0 Å². The highest BCUT2D eigenvalue weighted by molar-refractivity contribution is 6.42. The van der Waals surface area contributed by atoms with Crippen LogP contribution in [-0.4, -0.2) is 56.2 Å². The molecule has 1 aliphatic rings. The summed E-state index contributed by atoms with van der Waals surface area (Å²) < 4.78 is 10.7. The van der Waals surface area contributed by atoms with Crippen molar-refractivity contribution in [3.8, 4) is 0 Å². The third-order valence-electron chi connectivity index (χ3n) is 5.29. The summed E-state index contributed by atoms with van der Waals surface area (Å²) in [6.45, 7) is 2.30. The number of rotatable bonds is 8. The minimum Gasteiger partial charge on any atom is -0.467 e. The number of carbonyl (C=O) groups excluding carboxylic acids is 2. The SMILES string of the molecule is COC(=O)C(CCOCc1ccccc1)N1CCN(c2ccc(Cl)c(Cl)c2)CCC1=O. The molecule has 1 fully saturated rings. The zero-order chi connectivity index (χ0) is 22.2. The van der Waals surface area contributed by atoms with E-state index in [-0.39, 0.29) is 5.91 Å². The van der Waals surface area contributed by atoms with Crippen LogP contribution < -0.4 is 4.90 Å². The van der Waals surface area contributed by atoms with Crippen molar-refractivity contribution in [3.63, 3.8) is 0 Å². The smallest absolute Gasteiger partial charge is 0.328 e. The van der Waals surface area contributed by atoms with Crippen molar-refractivity contribution in [2.45, 2.75) is 25.5 Å². The van der Waals surface area contributed by atoms with Crippen molar-refractivity contribution < 1.29 is 19.1 Å². The summed E-state index contributed by atoms with van der Waals surface area (Å²) in [6, 6.07) is 14.5. The predicted molar refractivity (Wildman–Crippen MR) is 122 cm³/mol. The molecule has 1 heterocycles. The molecule has 0 N–H and O–H groups in total. The quantitative estimate of drug-likeness (QED) is 0.433. The highest BCUT2D eigenvalue weighted by Gasteiger charge is 2.32. The lowest BCUT2D eigenvalue weighted by molar-refractivity contribution is -0.153. The zero-order valence-electron chi connectivity index (χ0n) is 17.4. The summed E-state index contributed by atoms with van der Waals surface area (Å²) in [5.41, 5.74) is 1.95. The summed E-state index contributed by atoms with van der Waals surface area (Å²) in [5.74, 6) is -0.513. The highest BCUT2D eigenvalue weighted by Crippen LogP contribution is 2.28. The molecule has 0 bridgehead atoms. The van der Waals surface area contributed by atoms with Crippen LogP contribution in [0.3, 0.4) is 0 Å². The number of amides is 1. The lowest BCUT2D eigenvalue weighted by atomic mass is 10.1. The molecule has 0 radical (unpaired) electrons. The number of halogens is 2. The zero-order valence-corrected chi connectivity index (χ0v) is 18.9. The van der Waals surface area contributed by atoms with Crippen LogP contribution in [-0.2, 0) is 25.7 Å². The second kappa shape index (κ2) is 11.4. The number of hydrogen-bond acceptors (Lipinski definition) is 5. The first-order chi connectivity index (χ1) is 15.0. The van der Waals surface area contributed by atoms with Gasteiger partial charge in [0.05, 0.1) is 23.8 Å². The maximum absolute atomic E-state index is 12.8. The van der Waals surface area contributed by atoms with Crippen molar-refractivity contribution in [2.75, 3.05) is 38.3 Å². The Morgan fingerprint density at radius 2 is 1.84 bits per heavy atom. The van der Waals surface area contributed by atoms with Crippen LogP contribution in [0, 0.1) is 0 Å². The molecule has 3 rings (SSSR count). The van der Waals surface area contributed by atoms with Gasteiger partial charge in [0.15, 0.2) is 0 Å². The van der Waals surface area contributed by atoms with E-state index in [1.54, 1.807) is 17.0 Å². The van der Waals surface area contributed by atoms with E-state index in [4.69, 9.17) is 32.7 Å². The van der Waals surface area contributed by atoms with Crippen LogP contribution in [0.1, 0.15) is 18.4 Å². The molecule has 0 saturated carbocycles. The van der Waals surface area contributed by atoms with Crippen LogP contribution >= 0.6 is 23.2 Å². The molecule has 1 unspecified atom stereocenters. The maximum atomic E-state index is 12.8. The summed E-state index contributed by atoms with van der Waals surface area (Å²) in [5, 5.41) is 0.953. The van der Waals surface area contributed by atoms with Gasteiger partial charge in [-0.3, -0.25) is 4.79 Å². The average molecular weight is 465 g/mol. The van der Waals surface area contributed by atoms with E-state index < -0.39 is 12.0 Å². The van der Waals surface area contributed by atoms with Crippen molar-refractivity contribution in [1.29, 1.82) is 0 Å². The molecule has 166 valence electrons. The van der Waals surface area contributed by atoms with Crippen LogP contribution in [0.4, 0.5) is 5.69 Å². The van der Waals surface area contributed by atoms with Gasteiger partial charge in [0, 0.05) is 44.8 Å². The molecular weight excluding hydrogens is 439 g/mol. The standard InChI is InChI=1S/C23H26Cl2N2O4/c1-30-23(29)21(10-14-31-16-17-5-3-2-4-6-17)27-13-12-26(11-9-22(27)28)18-7-8-19(24)20(25)15-18/h2-8,15,21H,9-14,16H2,1H3. The molecule has 1 saturated heterocycles. The third-order valence-corrected chi connectivity index (χ3v) is 6.03. The minimum atomic E-state index is -0.679. The first-order valence-electron chi connectivity index (χ1n) is 10.2. The van der Waals surface area contributed by atoms with Crippen molar-refractivity contribution >= 4 is 40.8 Å². The molecular formula is C23H26Cl2N2O4. The normalized spacial score (nSPS) is 15.5. The van der Waals surface area contributed by atoms with Crippen molar-refractivity contribution in [2.24, 2.45) is 0 Å². The predicted octanol–water partition coefficient (Wildman–Crippen LogP) is 4.18. The average Bonchev–Trinajstić information content (AvgIpc) is 2.98. The fourth-order valence-corrected chi connectivity index (χ4v) is 3.90. The first kappa shape index (κ1) is 23.4. The van der Waals surface area contributed by atoms with Gasteiger partial charge >= 0.3 is 5.97 Å². The third kappa shape index (κ3) is 6.35. The number of anilines is 1. The molecule has 1 amide bonds. The molecule has 8 heteroatoms. The molecule has 0 aliphatic carbocycles. The monoisotopic (exact) mass is 464 g/mol. The van der Waals surface area contributed by atoms with Gasteiger partial charge in [-0.05, 0) is 23.8 Å². The second-order valence-corrected chi connectivity index (χ2v) is 8.10. The van der Waals surface area contributed by atoms with Crippen LogP contribution in [0.5, 0.6) is 0 Å². The summed E-state index contributed by atoms with van der Waals surface area (Å²) >= 11 is 12.2. The topological polar surface area (TPSA) is 59.1 Å². The van der Waals surface area contributed by atoms with E-state index in [1.807, 2.05) is 36.4 Å². The first-order valence-corrected chi connectivity index (χ1v) is 10.9. The Morgan fingerprint density at radius 3 is 2.55 bits per heavy atom. The largest absolute Gasteiger partial charge is 0.467 e. The van der Waals surface area contributed by atoms with Gasteiger partial charge in [0.1, 0.15) is 6.04 Å². The van der Waals surface area contributed by atoms with E-state index >= 15 is 0 Å². The Hall–Kier alpha value is -2.28. The van der Waals surface area contributed by atoms with E-state index in [0.717, 1.165) is 11.3 Å². The van der Waals surface area contributed by atoms with Gasteiger partial charge in [-0.2, -0.15) is 0 Å². The highest BCUT2D eigenvalue weighted by atomic mass is 35.5. The van der Waals surface area contributed by atoms with Crippen molar-refractivity contribution in [3.05, 3.63) is 64.1 Å². The number of methoxy groups -OCH3 is 1. The minimum absolute atomic E-state index is 0.0824. The lowest BCUT2D eigenvalue weighted by Crippen LogP contribution is -2.47. The Bertz CT molecular complexity index is 894. The van der Waals surface area contributed by atoms with Gasteiger partial charge < -0.3 is 19.3 Å². The lowest BCUT2D eigenvalue weighted by Gasteiger charge is -2.29. The van der Waals surface area contributed by atoms with Gasteiger partial charge in [0.2, 0.25) is 5.91 Å². The van der Waals surface area contributed by atoms with Gasteiger partial charge in [-0.1, -0.05) is 53.5 Å². The van der Waals surface area contributed by atoms with Gasteiger partial charge in [-0.25, -0.2) is 4.79 Å². The van der Waals surface area contributed by atoms with Gasteiger partial charge in [0.25, 0.3) is 0 Å². The summed E-state index contributed by atoms with van der Waals surface area (Å²) in [4.78, 5) is 29.0. The Morgan fingerprint density at radius 1 is 1.06 bits per heavy atom. The molecule has 2 aromatic rings. The van der Waals surface area contributed by atoms with Gasteiger partial charge in [-0.15, -0.1) is 0 Å². The molecule has 6 nitrogen and oxygen atoms in total. The Kier molecular flexibility index (Phi) is 8.58. The number of carbonyl (C=O) groups is 2. The van der Waals surface area contributed by atoms with Crippen LogP contribution in [0.15, 0.2) is 48.5 Å². The Labute approximate surface area is 192 Å². The fourth-order valence-electron chi connectivity index (χ4n) is 3.60. The summed E-state index contributed by atoms with van der Waals surface area (Å²) in [7, 11) is 1.34. The van der Waals surface area contributed by atoms with E-state index in [9.17, 15) is 9.59 Å². The van der Waals surface area contributed by atoms with E-state index in [2.05, 4.69) is 4.90 Å². The molecule has 0 spiro atoms. The number of nitrogens with zero attached hydrogens (tertiary/aromatic N) is 2. The van der Waals surface area contributed by atoms with E-state index in [0.29, 0.717) is 55.7 Å². The van der Waals surface area contributed by atoms with Crippen molar-refractivity contribution in [1.82, 2.24) is 4.90 Å². The molecule has 2 aromatic carbocycles.